The number of phenols is 2. The maximum Gasteiger partial charge on any atom is 0.260 e. The predicted octanol–water partition coefficient (Wildman–Crippen LogP) is 1.37. The van der Waals surface area contributed by atoms with Crippen LogP contribution in [0.4, 0.5) is 0 Å². The fourth-order valence-corrected chi connectivity index (χ4v) is 2.12. The quantitative estimate of drug-likeness (QED) is 0.395. The van der Waals surface area contributed by atoms with E-state index in [0.29, 0.717) is 18.5 Å². The summed E-state index contributed by atoms with van der Waals surface area (Å²) in [5.74, 6) is -0.00332. The number of hydrogen-bond donors (Lipinski definition) is 4. The molecular formula is C16H16N4O4. The van der Waals surface area contributed by atoms with Gasteiger partial charge in [0.05, 0.1) is 5.56 Å². The van der Waals surface area contributed by atoms with E-state index in [2.05, 4.69) is 20.5 Å². The first-order chi connectivity index (χ1) is 11.6. The number of nitrogens with one attached hydrogen (secondary N) is 1. The fourth-order valence-electron chi connectivity index (χ4n) is 2.12. The van der Waals surface area contributed by atoms with E-state index in [1.165, 1.54) is 12.1 Å². The molecule has 3 aromatic rings. The Labute approximate surface area is 137 Å². The van der Waals surface area contributed by atoms with E-state index in [4.69, 9.17) is 4.42 Å². The predicted molar refractivity (Wildman–Crippen MR) is 84.0 cm³/mol. The number of nitrogens with zero attached hydrogens (tertiary/aromatic N) is 3. The average molecular weight is 328 g/mol. The van der Waals surface area contributed by atoms with Gasteiger partial charge in [-0.1, -0.05) is 6.07 Å². The first-order valence-corrected chi connectivity index (χ1v) is 7.29. The van der Waals surface area contributed by atoms with Crippen molar-refractivity contribution in [3.05, 3.63) is 54.2 Å². The van der Waals surface area contributed by atoms with Gasteiger partial charge in [-0.25, -0.2) is 0 Å². The summed E-state index contributed by atoms with van der Waals surface area (Å²) in [4.78, 5) is 3.97. The van der Waals surface area contributed by atoms with Crippen molar-refractivity contribution in [3.8, 4) is 23.0 Å². The molecule has 0 saturated carbocycles. The lowest BCUT2D eigenvalue weighted by Gasteiger charge is -2.09. The maximum absolute atomic E-state index is 10.0. The third kappa shape index (κ3) is 3.67. The summed E-state index contributed by atoms with van der Waals surface area (Å²) in [5, 5.41) is 39.3. The molecule has 1 atom stereocenters. The molecule has 0 radical (unpaired) electrons. The summed E-state index contributed by atoms with van der Waals surface area (Å²) in [7, 11) is 0. The zero-order chi connectivity index (χ0) is 16.9. The molecular weight excluding hydrogens is 312 g/mol. The monoisotopic (exact) mass is 328 g/mol. The highest BCUT2D eigenvalue weighted by atomic mass is 16.4. The zero-order valence-corrected chi connectivity index (χ0v) is 12.6. The van der Waals surface area contributed by atoms with Crippen LogP contribution >= 0.6 is 0 Å². The van der Waals surface area contributed by atoms with Gasteiger partial charge in [0, 0.05) is 18.9 Å². The Kier molecular flexibility index (Phi) is 4.69. The number of phenolic OH excluding ortho intramolecular Hbond substituents is 2. The Hall–Kier alpha value is -2.97. The Morgan fingerprint density at radius 1 is 1.12 bits per heavy atom. The van der Waals surface area contributed by atoms with Crippen molar-refractivity contribution in [1.82, 2.24) is 20.5 Å². The molecule has 0 aliphatic heterocycles. The SMILES string of the molecule is Oc1ccc(CCNC(O)c2nnc(-c3cccnc3)o2)cc1O. The van der Waals surface area contributed by atoms with Crippen molar-refractivity contribution in [2.75, 3.05) is 6.54 Å². The molecule has 124 valence electrons. The van der Waals surface area contributed by atoms with Crippen LogP contribution in [0.15, 0.2) is 47.1 Å². The molecule has 8 nitrogen and oxygen atoms in total. The van der Waals surface area contributed by atoms with Gasteiger partial charge < -0.3 is 19.7 Å². The van der Waals surface area contributed by atoms with Crippen LogP contribution in [0.1, 0.15) is 17.7 Å². The summed E-state index contributed by atoms with van der Waals surface area (Å²) >= 11 is 0. The maximum atomic E-state index is 10.0. The van der Waals surface area contributed by atoms with Crippen molar-refractivity contribution in [3.63, 3.8) is 0 Å². The van der Waals surface area contributed by atoms with Crippen LogP contribution in [0, 0.1) is 0 Å². The summed E-state index contributed by atoms with van der Waals surface area (Å²) in [6, 6.07) is 8.11. The molecule has 0 spiro atoms. The van der Waals surface area contributed by atoms with Gasteiger partial charge in [0.2, 0.25) is 5.89 Å². The molecule has 0 amide bonds. The smallest absolute Gasteiger partial charge is 0.260 e. The van der Waals surface area contributed by atoms with Crippen LogP contribution < -0.4 is 5.32 Å². The molecule has 1 aromatic carbocycles. The van der Waals surface area contributed by atoms with Gasteiger partial charge in [0.1, 0.15) is 0 Å². The Balaban J connectivity index is 1.56. The minimum absolute atomic E-state index is 0.0578. The van der Waals surface area contributed by atoms with E-state index in [-0.39, 0.29) is 23.3 Å². The number of aromatic nitrogens is 3. The second-order valence-electron chi connectivity index (χ2n) is 5.12. The van der Waals surface area contributed by atoms with Gasteiger partial charge in [-0.15, -0.1) is 10.2 Å². The molecule has 8 heteroatoms. The average Bonchev–Trinajstić information content (AvgIpc) is 3.09. The van der Waals surface area contributed by atoms with Crippen LogP contribution in [-0.4, -0.2) is 37.0 Å². The molecule has 0 aliphatic rings. The number of aromatic hydroxyl groups is 2. The molecule has 2 aromatic heterocycles. The molecule has 2 heterocycles. The molecule has 0 fully saturated rings. The van der Waals surface area contributed by atoms with E-state index in [9.17, 15) is 15.3 Å². The van der Waals surface area contributed by atoms with E-state index in [0.717, 1.165) is 5.56 Å². The second kappa shape index (κ2) is 7.07. The number of pyridine rings is 1. The number of rotatable bonds is 6. The fraction of sp³-hybridized carbons (Fsp3) is 0.188. The summed E-state index contributed by atoms with van der Waals surface area (Å²) in [5.41, 5.74) is 1.48. The van der Waals surface area contributed by atoms with Crippen LogP contribution in [0.3, 0.4) is 0 Å². The largest absolute Gasteiger partial charge is 0.504 e. The topological polar surface area (TPSA) is 125 Å². The van der Waals surface area contributed by atoms with Crippen LogP contribution in [0.5, 0.6) is 11.5 Å². The molecule has 0 bridgehead atoms. The molecule has 24 heavy (non-hydrogen) atoms. The standard InChI is InChI=1S/C16H16N4O4/c21-12-4-3-10(8-13(12)22)5-7-18-14(23)16-20-19-15(24-16)11-2-1-6-17-9-11/h1-4,6,8-9,14,18,21-23H,5,7H2. The molecule has 0 saturated heterocycles. The van der Waals surface area contributed by atoms with E-state index < -0.39 is 6.23 Å². The van der Waals surface area contributed by atoms with Gasteiger partial charge in [0.15, 0.2) is 17.7 Å². The van der Waals surface area contributed by atoms with Crippen LogP contribution in [0.25, 0.3) is 11.5 Å². The van der Waals surface area contributed by atoms with Crippen LogP contribution in [-0.2, 0) is 6.42 Å². The highest BCUT2D eigenvalue weighted by Gasteiger charge is 2.16. The minimum atomic E-state index is -1.10. The second-order valence-corrected chi connectivity index (χ2v) is 5.12. The van der Waals surface area contributed by atoms with E-state index in [1.807, 2.05) is 0 Å². The van der Waals surface area contributed by atoms with Gasteiger partial charge in [-0.2, -0.15) is 0 Å². The highest BCUT2D eigenvalue weighted by Crippen LogP contribution is 2.25. The third-order valence-electron chi connectivity index (χ3n) is 3.37. The van der Waals surface area contributed by atoms with Crippen molar-refractivity contribution in [1.29, 1.82) is 0 Å². The van der Waals surface area contributed by atoms with Gasteiger partial charge in [0.25, 0.3) is 5.89 Å². The van der Waals surface area contributed by atoms with Crippen LogP contribution in [0.2, 0.25) is 0 Å². The lowest BCUT2D eigenvalue weighted by molar-refractivity contribution is 0.109. The third-order valence-corrected chi connectivity index (χ3v) is 3.37. The lowest BCUT2D eigenvalue weighted by Crippen LogP contribution is -2.23. The zero-order valence-electron chi connectivity index (χ0n) is 12.6. The number of aliphatic hydroxyl groups excluding tert-OH is 1. The van der Waals surface area contributed by atoms with Crippen molar-refractivity contribution in [2.45, 2.75) is 12.6 Å². The molecule has 0 aliphatic carbocycles. The van der Waals surface area contributed by atoms with Crippen molar-refractivity contribution in [2.24, 2.45) is 0 Å². The summed E-state index contributed by atoms with van der Waals surface area (Å²) in [6.07, 6.45) is 2.66. The number of benzene rings is 1. The van der Waals surface area contributed by atoms with Gasteiger partial charge in [-0.05, 0) is 36.2 Å². The van der Waals surface area contributed by atoms with Crippen molar-refractivity contribution < 1.29 is 19.7 Å². The molecule has 1 unspecified atom stereocenters. The number of hydrogen-bond acceptors (Lipinski definition) is 8. The normalized spacial score (nSPS) is 12.2. The summed E-state index contributed by atoms with van der Waals surface area (Å²) < 4.78 is 5.42. The minimum Gasteiger partial charge on any atom is -0.504 e. The summed E-state index contributed by atoms with van der Waals surface area (Å²) in [6.45, 7) is 0.413. The first-order valence-electron chi connectivity index (χ1n) is 7.29. The Morgan fingerprint density at radius 2 is 2.00 bits per heavy atom. The van der Waals surface area contributed by atoms with E-state index >= 15 is 0 Å². The highest BCUT2D eigenvalue weighted by molar-refractivity contribution is 5.49. The van der Waals surface area contributed by atoms with Gasteiger partial charge in [-0.3, -0.25) is 10.3 Å². The lowest BCUT2D eigenvalue weighted by atomic mass is 10.1. The Bertz CT molecular complexity index is 807. The Morgan fingerprint density at radius 3 is 2.75 bits per heavy atom. The van der Waals surface area contributed by atoms with Gasteiger partial charge >= 0.3 is 0 Å². The first kappa shape index (κ1) is 15.9. The molecule has 3 rings (SSSR count). The molecule has 4 N–H and O–H groups in total. The number of aliphatic hydroxyl groups is 1. The van der Waals surface area contributed by atoms with E-state index in [1.54, 1.807) is 30.6 Å². The van der Waals surface area contributed by atoms with Crippen molar-refractivity contribution >= 4 is 0 Å².